The van der Waals surface area contributed by atoms with Gasteiger partial charge in [-0.2, -0.15) is 0 Å². The van der Waals surface area contributed by atoms with Crippen LogP contribution < -0.4 is 10.0 Å². The smallest absolute Gasteiger partial charge is 0.261 e. The molecule has 38 heavy (non-hydrogen) atoms. The van der Waals surface area contributed by atoms with Crippen molar-refractivity contribution in [3.8, 4) is 0 Å². The molecule has 0 bridgehead atoms. The quantitative estimate of drug-likeness (QED) is 0.367. The van der Waals surface area contributed by atoms with Gasteiger partial charge in [0.05, 0.1) is 16.6 Å². The van der Waals surface area contributed by atoms with E-state index in [1.165, 1.54) is 34.6 Å². The zero-order chi connectivity index (χ0) is 27.5. The molecular formula is C26H27Cl2N3O5S2. The molecule has 1 atom stereocenters. The molecule has 1 saturated heterocycles. The summed E-state index contributed by atoms with van der Waals surface area (Å²) in [7, 11) is -7.51. The first kappa shape index (κ1) is 28.4. The molecule has 2 N–H and O–H groups in total. The highest BCUT2D eigenvalue weighted by atomic mass is 35.5. The Balaban J connectivity index is 1.39. The molecule has 0 aromatic heterocycles. The number of sulfonamides is 2. The van der Waals surface area contributed by atoms with Gasteiger partial charge in [0.1, 0.15) is 0 Å². The molecule has 3 aromatic carbocycles. The van der Waals surface area contributed by atoms with Gasteiger partial charge in [0.25, 0.3) is 10.0 Å². The summed E-state index contributed by atoms with van der Waals surface area (Å²) in [6.07, 6.45) is 1.07. The van der Waals surface area contributed by atoms with E-state index < -0.39 is 26.0 Å². The second-order valence-electron chi connectivity index (χ2n) is 9.18. The number of nitrogens with one attached hydrogen (secondary N) is 2. The maximum absolute atomic E-state index is 13.0. The fraction of sp³-hybridized carbons (Fsp3) is 0.269. The minimum Gasteiger partial charge on any atom is -0.326 e. The van der Waals surface area contributed by atoms with E-state index >= 15 is 0 Å². The lowest BCUT2D eigenvalue weighted by Crippen LogP contribution is -2.44. The van der Waals surface area contributed by atoms with Gasteiger partial charge >= 0.3 is 0 Å². The molecule has 1 fully saturated rings. The van der Waals surface area contributed by atoms with Gasteiger partial charge in [0.15, 0.2) is 0 Å². The Morgan fingerprint density at radius 2 is 1.71 bits per heavy atom. The van der Waals surface area contributed by atoms with Crippen molar-refractivity contribution in [3.63, 3.8) is 0 Å². The molecule has 1 unspecified atom stereocenters. The SMILES string of the molecule is Cc1cccc(NS(=O)(=O)c2ccc(NC(=O)C3CCCN(S(=O)(=O)Cc4ccc(Cl)cc4Cl)C3)cc2)c1. The first-order valence-electron chi connectivity index (χ1n) is 11.9. The Bertz CT molecular complexity index is 1550. The van der Waals surface area contributed by atoms with E-state index in [0.717, 1.165) is 5.56 Å². The number of anilines is 2. The van der Waals surface area contributed by atoms with Crippen molar-refractivity contribution in [1.82, 2.24) is 4.31 Å². The highest BCUT2D eigenvalue weighted by Crippen LogP contribution is 2.27. The van der Waals surface area contributed by atoms with Crippen molar-refractivity contribution < 1.29 is 21.6 Å². The maximum atomic E-state index is 13.0. The molecule has 0 radical (unpaired) electrons. The van der Waals surface area contributed by atoms with Crippen LogP contribution in [0.5, 0.6) is 0 Å². The second-order valence-corrected chi connectivity index (χ2v) is 13.7. The fourth-order valence-electron chi connectivity index (χ4n) is 4.22. The number of halogens is 2. The number of amides is 1. The number of rotatable bonds is 8. The van der Waals surface area contributed by atoms with E-state index in [0.29, 0.717) is 41.3 Å². The Morgan fingerprint density at radius 3 is 2.39 bits per heavy atom. The van der Waals surface area contributed by atoms with Crippen LogP contribution in [0.4, 0.5) is 11.4 Å². The highest BCUT2D eigenvalue weighted by Gasteiger charge is 2.33. The second kappa shape index (κ2) is 11.6. The summed E-state index contributed by atoms with van der Waals surface area (Å²) in [5.41, 5.74) is 2.23. The average molecular weight is 597 g/mol. The zero-order valence-corrected chi connectivity index (χ0v) is 23.7. The molecule has 3 aromatic rings. The monoisotopic (exact) mass is 595 g/mol. The van der Waals surface area contributed by atoms with Gasteiger partial charge < -0.3 is 5.32 Å². The van der Waals surface area contributed by atoms with Gasteiger partial charge in [-0.05, 0) is 79.4 Å². The summed E-state index contributed by atoms with van der Waals surface area (Å²) >= 11 is 12.1. The molecule has 12 heteroatoms. The normalized spacial score (nSPS) is 16.7. The topological polar surface area (TPSA) is 113 Å². The Hall–Kier alpha value is -2.63. The predicted molar refractivity (Wildman–Crippen MR) is 150 cm³/mol. The Kier molecular flexibility index (Phi) is 8.68. The van der Waals surface area contributed by atoms with Gasteiger partial charge in [0, 0.05) is 34.5 Å². The van der Waals surface area contributed by atoms with Crippen LogP contribution in [-0.4, -0.2) is 40.1 Å². The highest BCUT2D eigenvalue weighted by molar-refractivity contribution is 7.92. The van der Waals surface area contributed by atoms with Crippen LogP contribution >= 0.6 is 23.2 Å². The van der Waals surface area contributed by atoms with Crippen LogP contribution in [-0.2, 0) is 30.6 Å². The first-order valence-corrected chi connectivity index (χ1v) is 15.7. The maximum Gasteiger partial charge on any atom is 0.261 e. The number of benzene rings is 3. The molecule has 1 heterocycles. The third-order valence-electron chi connectivity index (χ3n) is 6.20. The van der Waals surface area contributed by atoms with E-state index in [9.17, 15) is 21.6 Å². The standard InChI is InChI=1S/C26H27Cl2N3O5S2/c1-18-4-2-6-23(14-18)30-38(35,36)24-11-9-22(10-12-24)29-26(32)19-5-3-13-31(16-19)37(33,34)17-20-7-8-21(27)15-25(20)28/h2,4,6-12,14-15,19,30H,3,5,13,16-17H2,1H3,(H,29,32). The first-order chi connectivity index (χ1) is 17.9. The third kappa shape index (κ3) is 7.06. The lowest BCUT2D eigenvalue weighted by atomic mass is 9.99. The molecular weight excluding hydrogens is 569 g/mol. The largest absolute Gasteiger partial charge is 0.326 e. The van der Waals surface area contributed by atoms with Crippen LogP contribution in [0.25, 0.3) is 0 Å². The van der Waals surface area contributed by atoms with Crippen LogP contribution in [0.1, 0.15) is 24.0 Å². The van der Waals surface area contributed by atoms with E-state index in [2.05, 4.69) is 10.0 Å². The Morgan fingerprint density at radius 1 is 0.974 bits per heavy atom. The van der Waals surface area contributed by atoms with Crippen LogP contribution in [0.3, 0.4) is 0 Å². The lowest BCUT2D eigenvalue weighted by molar-refractivity contribution is -0.120. The lowest BCUT2D eigenvalue weighted by Gasteiger charge is -2.31. The number of carbonyl (C=O) groups excluding carboxylic acids is 1. The summed E-state index contributed by atoms with van der Waals surface area (Å²) in [4.78, 5) is 13.0. The van der Waals surface area contributed by atoms with Crippen molar-refractivity contribution in [2.45, 2.75) is 30.4 Å². The minimum atomic E-state index is -3.80. The molecule has 0 saturated carbocycles. The minimum absolute atomic E-state index is 0.0479. The Labute approximate surface area is 233 Å². The number of aryl methyl sites for hydroxylation is 1. The molecule has 1 aliphatic heterocycles. The van der Waals surface area contributed by atoms with E-state index in [1.807, 2.05) is 13.0 Å². The number of hydrogen-bond donors (Lipinski definition) is 2. The summed E-state index contributed by atoms with van der Waals surface area (Å²) in [5.74, 6) is -1.17. The van der Waals surface area contributed by atoms with Crippen molar-refractivity contribution in [3.05, 3.63) is 87.9 Å². The van der Waals surface area contributed by atoms with Gasteiger partial charge in [-0.25, -0.2) is 21.1 Å². The molecule has 0 aliphatic carbocycles. The third-order valence-corrected chi connectivity index (χ3v) is 9.98. The summed E-state index contributed by atoms with van der Waals surface area (Å²) in [6.45, 7) is 2.23. The number of hydrogen-bond acceptors (Lipinski definition) is 5. The van der Waals surface area contributed by atoms with Crippen molar-refractivity contribution >= 4 is 60.5 Å². The summed E-state index contributed by atoms with van der Waals surface area (Å²) in [6, 6.07) is 17.5. The molecule has 1 amide bonds. The van der Waals surface area contributed by atoms with Gasteiger partial charge in [-0.1, -0.05) is 41.4 Å². The van der Waals surface area contributed by atoms with E-state index in [-0.39, 0.29) is 28.1 Å². The number of nitrogens with zero attached hydrogens (tertiary/aromatic N) is 1. The number of carbonyl (C=O) groups is 1. The van der Waals surface area contributed by atoms with Crippen LogP contribution in [0.2, 0.25) is 10.0 Å². The predicted octanol–water partition coefficient (Wildman–Crippen LogP) is 5.28. The van der Waals surface area contributed by atoms with Gasteiger partial charge in [0.2, 0.25) is 15.9 Å². The van der Waals surface area contributed by atoms with Crippen LogP contribution in [0, 0.1) is 12.8 Å². The van der Waals surface area contributed by atoms with Gasteiger partial charge in [-0.3, -0.25) is 9.52 Å². The summed E-state index contributed by atoms with van der Waals surface area (Å²) < 4.78 is 55.4. The molecule has 4 rings (SSSR count). The van der Waals surface area contributed by atoms with Crippen molar-refractivity contribution in [2.75, 3.05) is 23.1 Å². The fourth-order valence-corrected chi connectivity index (χ4v) is 7.47. The van der Waals surface area contributed by atoms with Crippen LogP contribution in [0.15, 0.2) is 71.6 Å². The van der Waals surface area contributed by atoms with Gasteiger partial charge in [-0.15, -0.1) is 0 Å². The molecule has 1 aliphatic rings. The van der Waals surface area contributed by atoms with E-state index in [1.54, 1.807) is 30.3 Å². The zero-order valence-electron chi connectivity index (χ0n) is 20.5. The summed E-state index contributed by atoms with van der Waals surface area (Å²) in [5, 5.41) is 3.46. The van der Waals surface area contributed by atoms with E-state index in [4.69, 9.17) is 23.2 Å². The molecule has 0 spiro atoms. The van der Waals surface area contributed by atoms with Crippen molar-refractivity contribution in [1.29, 1.82) is 0 Å². The average Bonchev–Trinajstić information content (AvgIpc) is 2.86. The van der Waals surface area contributed by atoms with Crippen molar-refractivity contribution in [2.24, 2.45) is 5.92 Å². The molecule has 8 nitrogen and oxygen atoms in total. The number of piperidine rings is 1. The molecule has 202 valence electrons.